The van der Waals surface area contributed by atoms with Crippen molar-refractivity contribution in [3.8, 4) is 11.5 Å². The Bertz CT molecular complexity index is 520. The van der Waals surface area contributed by atoms with E-state index in [1.807, 2.05) is 13.8 Å². The molecule has 0 fully saturated rings. The van der Waals surface area contributed by atoms with Crippen molar-refractivity contribution in [3.63, 3.8) is 0 Å². The molecule has 0 aliphatic heterocycles. The summed E-state index contributed by atoms with van der Waals surface area (Å²) >= 11 is 0. The summed E-state index contributed by atoms with van der Waals surface area (Å²) in [7, 11) is 2.91. The van der Waals surface area contributed by atoms with Crippen LogP contribution in [0, 0.1) is 11.7 Å². The van der Waals surface area contributed by atoms with Gasteiger partial charge in [0.15, 0.2) is 11.5 Å². The summed E-state index contributed by atoms with van der Waals surface area (Å²) in [6.45, 7) is 5.68. The highest BCUT2D eigenvalue weighted by Gasteiger charge is 2.21. The van der Waals surface area contributed by atoms with Crippen LogP contribution in [0.5, 0.6) is 11.5 Å². The summed E-state index contributed by atoms with van der Waals surface area (Å²) in [6.07, 6.45) is 0.576. The summed E-state index contributed by atoms with van der Waals surface area (Å²) in [5.41, 5.74) is 6.16. The summed E-state index contributed by atoms with van der Waals surface area (Å²) in [6, 6.07) is 1.63. The van der Waals surface area contributed by atoms with Crippen LogP contribution in [-0.4, -0.2) is 26.2 Å². The maximum atomic E-state index is 14.1. The maximum absolute atomic E-state index is 14.1. The molecular formula is C16H25FN2O3. The molecule has 1 unspecified atom stereocenters. The van der Waals surface area contributed by atoms with Gasteiger partial charge < -0.3 is 20.5 Å². The Morgan fingerprint density at radius 2 is 1.77 bits per heavy atom. The van der Waals surface area contributed by atoms with Crippen molar-refractivity contribution in [1.82, 2.24) is 5.32 Å². The number of halogens is 1. The van der Waals surface area contributed by atoms with Crippen LogP contribution in [0.3, 0.4) is 0 Å². The van der Waals surface area contributed by atoms with Crippen LogP contribution in [0.4, 0.5) is 4.39 Å². The highest BCUT2D eigenvalue weighted by molar-refractivity contribution is 5.81. The number of amides is 1. The highest BCUT2D eigenvalue weighted by Crippen LogP contribution is 2.32. The molecule has 3 N–H and O–H groups in total. The fraction of sp³-hybridized carbons (Fsp3) is 0.562. The molecule has 0 saturated heterocycles. The molecule has 1 aromatic carbocycles. The molecule has 6 heteroatoms. The predicted octanol–water partition coefficient (Wildman–Crippen LogP) is 2.39. The van der Waals surface area contributed by atoms with Gasteiger partial charge in [-0.15, -0.1) is 0 Å². The Hall–Kier alpha value is -1.82. The number of nitrogens with two attached hydrogens (primary N) is 1. The second kappa shape index (κ2) is 7.98. The van der Waals surface area contributed by atoms with Gasteiger partial charge in [-0.1, -0.05) is 13.8 Å². The molecular weight excluding hydrogens is 287 g/mol. The number of hydrogen-bond donors (Lipinski definition) is 2. The fourth-order valence-corrected chi connectivity index (χ4v) is 2.21. The summed E-state index contributed by atoms with van der Waals surface area (Å²) in [4.78, 5) is 12.0. The minimum absolute atomic E-state index is 0.296. The molecule has 0 radical (unpaired) electrons. The third-order valence-electron chi connectivity index (χ3n) is 3.39. The molecule has 2 atom stereocenters. The first kappa shape index (κ1) is 18.2. The van der Waals surface area contributed by atoms with E-state index in [1.165, 1.54) is 26.4 Å². The van der Waals surface area contributed by atoms with E-state index >= 15 is 0 Å². The molecule has 0 bridgehead atoms. The number of carbonyl (C=O) groups is 1. The van der Waals surface area contributed by atoms with E-state index in [4.69, 9.17) is 15.2 Å². The Balaban J connectivity index is 2.89. The largest absolute Gasteiger partial charge is 0.493 e. The van der Waals surface area contributed by atoms with E-state index < -0.39 is 17.9 Å². The van der Waals surface area contributed by atoms with Crippen molar-refractivity contribution < 1.29 is 18.7 Å². The lowest BCUT2D eigenvalue weighted by atomic mass is 10.0. The summed E-state index contributed by atoms with van der Waals surface area (Å²) < 4.78 is 24.3. The molecule has 1 amide bonds. The third kappa shape index (κ3) is 4.59. The van der Waals surface area contributed by atoms with E-state index in [2.05, 4.69) is 5.32 Å². The van der Waals surface area contributed by atoms with Crippen LogP contribution in [0.1, 0.15) is 38.8 Å². The first-order valence-electron chi connectivity index (χ1n) is 7.27. The van der Waals surface area contributed by atoms with Crippen molar-refractivity contribution in [2.24, 2.45) is 11.7 Å². The average molecular weight is 312 g/mol. The predicted molar refractivity (Wildman–Crippen MR) is 83.5 cm³/mol. The molecule has 22 heavy (non-hydrogen) atoms. The van der Waals surface area contributed by atoms with Crippen molar-refractivity contribution in [3.05, 3.63) is 23.5 Å². The quantitative estimate of drug-likeness (QED) is 0.811. The molecule has 0 spiro atoms. The first-order chi connectivity index (χ1) is 10.3. The number of benzene rings is 1. The Morgan fingerprint density at radius 3 is 2.27 bits per heavy atom. The molecule has 1 aromatic rings. The van der Waals surface area contributed by atoms with Gasteiger partial charge in [0, 0.05) is 11.6 Å². The lowest BCUT2D eigenvalue weighted by Crippen LogP contribution is -2.42. The fourth-order valence-electron chi connectivity index (χ4n) is 2.21. The van der Waals surface area contributed by atoms with Gasteiger partial charge in [0.05, 0.1) is 26.3 Å². The standard InChI is InChI=1S/C16H25FN2O3/c1-9(2)6-13(18)16(20)19-10(3)11-7-14(21-4)15(22-5)8-12(11)17/h7-10,13H,6,18H2,1-5H3,(H,19,20)/t10?,13-/m0/s1. The average Bonchev–Trinajstić information content (AvgIpc) is 2.45. The topological polar surface area (TPSA) is 73.6 Å². The van der Waals surface area contributed by atoms with Crippen molar-refractivity contribution in [1.29, 1.82) is 0 Å². The molecule has 5 nitrogen and oxygen atoms in total. The highest BCUT2D eigenvalue weighted by atomic mass is 19.1. The molecule has 1 rings (SSSR count). The number of carbonyl (C=O) groups excluding carboxylic acids is 1. The third-order valence-corrected chi connectivity index (χ3v) is 3.39. The van der Waals surface area contributed by atoms with Crippen LogP contribution >= 0.6 is 0 Å². The van der Waals surface area contributed by atoms with Gasteiger partial charge in [0.25, 0.3) is 0 Å². The lowest BCUT2D eigenvalue weighted by molar-refractivity contribution is -0.123. The molecule has 0 heterocycles. The second-order valence-corrected chi connectivity index (χ2v) is 5.70. The van der Waals surface area contributed by atoms with Crippen LogP contribution in [0.25, 0.3) is 0 Å². The minimum Gasteiger partial charge on any atom is -0.493 e. The summed E-state index contributed by atoms with van der Waals surface area (Å²) in [5.74, 6) is 0.261. The van der Waals surface area contributed by atoms with Gasteiger partial charge >= 0.3 is 0 Å². The molecule has 0 saturated carbocycles. The van der Waals surface area contributed by atoms with E-state index in [0.717, 1.165) is 0 Å². The molecule has 124 valence electrons. The van der Waals surface area contributed by atoms with Gasteiger partial charge in [-0.3, -0.25) is 4.79 Å². The number of methoxy groups -OCH3 is 2. The van der Waals surface area contributed by atoms with Gasteiger partial charge in [-0.05, 0) is 25.3 Å². The normalized spacial score (nSPS) is 13.6. The molecule has 0 aliphatic carbocycles. The Labute approximate surface area is 131 Å². The maximum Gasteiger partial charge on any atom is 0.237 e. The zero-order valence-corrected chi connectivity index (χ0v) is 13.8. The number of nitrogens with one attached hydrogen (secondary N) is 1. The van der Waals surface area contributed by atoms with Crippen molar-refractivity contribution in [2.75, 3.05) is 14.2 Å². The number of hydrogen-bond acceptors (Lipinski definition) is 4. The van der Waals surface area contributed by atoms with E-state index in [-0.39, 0.29) is 5.91 Å². The van der Waals surface area contributed by atoms with Gasteiger partial charge in [0.1, 0.15) is 5.82 Å². The van der Waals surface area contributed by atoms with Crippen LogP contribution in [0.15, 0.2) is 12.1 Å². The zero-order chi connectivity index (χ0) is 16.9. The lowest BCUT2D eigenvalue weighted by Gasteiger charge is -2.20. The van der Waals surface area contributed by atoms with Gasteiger partial charge in [-0.2, -0.15) is 0 Å². The summed E-state index contributed by atoms with van der Waals surface area (Å²) in [5, 5.41) is 2.73. The monoisotopic (exact) mass is 312 g/mol. The van der Waals surface area contributed by atoms with E-state index in [0.29, 0.717) is 29.4 Å². The molecule has 0 aromatic heterocycles. The Morgan fingerprint density at radius 1 is 1.23 bits per heavy atom. The van der Waals surface area contributed by atoms with Crippen LogP contribution in [-0.2, 0) is 4.79 Å². The second-order valence-electron chi connectivity index (χ2n) is 5.70. The van der Waals surface area contributed by atoms with Gasteiger partial charge in [0.2, 0.25) is 5.91 Å². The smallest absolute Gasteiger partial charge is 0.237 e. The van der Waals surface area contributed by atoms with Gasteiger partial charge in [-0.25, -0.2) is 4.39 Å². The minimum atomic E-state index is -0.606. The molecule has 0 aliphatic rings. The number of ether oxygens (including phenoxy) is 2. The van der Waals surface area contributed by atoms with Crippen molar-refractivity contribution in [2.45, 2.75) is 39.3 Å². The van der Waals surface area contributed by atoms with E-state index in [9.17, 15) is 9.18 Å². The number of rotatable bonds is 7. The van der Waals surface area contributed by atoms with Crippen LogP contribution in [0.2, 0.25) is 0 Å². The zero-order valence-electron chi connectivity index (χ0n) is 13.8. The van der Waals surface area contributed by atoms with Crippen molar-refractivity contribution >= 4 is 5.91 Å². The first-order valence-corrected chi connectivity index (χ1v) is 7.27. The SMILES string of the molecule is COc1cc(F)c(C(C)NC(=O)[C@@H](N)CC(C)C)cc1OC. The van der Waals surface area contributed by atoms with E-state index in [1.54, 1.807) is 6.92 Å². The van der Waals surface area contributed by atoms with Crippen LogP contribution < -0.4 is 20.5 Å². The Kier molecular flexibility index (Phi) is 6.61.